The lowest BCUT2D eigenvalue weighted by Gasteiger charge is -2.11. The Labute approximate surface area is 166 Å². The number of urea groups is 1. The molecule has 8 nitrogen and oxygen atoms in total. The third-order valence-corrected chi connectivity index (χ3v) is 4.74. The Morgan fingerprint density at radius 3 is 2.75 bits per heavy atom. The van der Waals surface area contributed by atoms with Crippen molar-refractivity contribution >= 4 is 23.5 Å². The molecule has 0 aliphatic heterocycles. The van der Waals surface area contributed by atoms with Crippen LogP contribution in [0.25, 0.3) is 11.5 Å². The molecule has 0 atom stereocenters. The van der Waals surface area contributed by atoms with Gasteiger partial charge in [0.15, 0.2) is 5.82 Å². The van der Waals surface area contributed by atoms with Gasteiger partial charge in [-0.1, -0.05) is 29.6 Å². The molecule has 1 heterocycles. The SMILES string of the molecule is O=C(CNC(=O)NCC1CCCC1)NCc1noc(-c2ccc(Cl)cc2F)n1. The van der Waals surface area contributed by atoms with E-state index >= 15 is 0 Å². The predicted molar refractivity (Wildman–Crippen MR) is 99.9 cm³/mol. The highest BCUT2D eigenvalue weighted by atomic mass is 35.5. The molecule has 0 radical (unpaired) electrons. The monoisotopic (exact) mass is 409 g/mol. The standard InChI is InChI=1S/C18H21ClFN5O3/c19-12-5-6-13(14(20)7-12)17-24-15(25-28-17)9-21-16(26)10-23-18(27)22-8-11-3-1-2-4-11/h5-7,11H,1-4,8-10H2,(H,21,26)(H2,22,23,27). The lowest BCUT2D eigenvalue weighted by molar-refractivity contribution is -0.120. The average Bonchev–Trinajstić information content (AvgIpc) is 3.35. The van der Waals surface area contributed by atoms with Gasteiger partial charge in [-0.2, -0.15) is 4.98 Å². The third-order valence-electron chi connectivity index (χ3n) is 4.51. The fourth-order valence-electron chi connectivity index (χ4n) is 3.01. The molecule has 1 aromatic carbocycles. The molecule has 0 unspecified atom stereocenters. The fraction of sp³-hybridized carbons (Fsp3) is 0.444. The molecule has 3 amide bonds. The lowest BCUT2D eigenvalue weighted by Crippen LogP contribution is -2.43. The van der Waals surface area contributed by atoms with E-state index in [4.69, 9.17) is 16.1 Å². The van der Waals surface area contributed by atoms with Crippen molar-refractivity contribution in [1.29, 1.82) is 0 Å². The van der Waals surface area contributed by atoms with E-state index in [1.54, 1.807) is 0 Å². The van der Waals surface area contributed by atoms with Crippen LogP contribution in [0, 0.1) is 11.7 Å². The van der Waals surface area contributed by atoms with Crippen molar-refractivity contribution in [3.8, 4) is 11.5 Å². The van der Waals surface area contributed by atoms with Crippen LogP contribution in [-0.4, -0.2) is 35.2 Å². The number of aromatic nitrogens is 2. The van der Waals surface area contributed by atoms with E-state index in [1.807, 2.05) is 0 Å². The largest absolute Gasteiger partial charge is 0.347 e. The Kier molecular flexibility index (Phi) is 6.80. The van der Waals surface area contributed by atoms with Crippen molar-refractivity contribution in [2.45, 2.75) is 32.2 Å². The van der Waals surface area contributed by atoms with Gasteiger partial charge in [0.1, 0.15) is 5.82 Å². The predicted octanol–water partition coefficient (Wildman–Crippen LogP) is 2.63. The number of halogens is 2. The van der Waals surface area contributed by atoms with Crippen LogP contribution in [0.15, 0.2) is 22.7 Å². The second-order valence-electron chi connectivity index (χ2n) is 6.63. The van der Waals surface area contributed by atoms with Crippen molar-refractivity contribution in [3.05, 3.63) is 34.9 Å². The highest BCUT2D eigenvalue weighted by Gasteiger charge is 2.16. The number of rotatable bonds is 7. The van der Waals surface area contributed by atoms with Gasteiger partial charge in [-0.25, -0.2) is 9.18 Å². The average molecular weight is 410 g/mol. The minimum absolute atomic E-state index is 0.0110. The Balaban J connectivity index is 1.40. The van der Waals surface area contributed by atoms with Crippen LogP contribution in [0.5, 0.6) is 0 Å². The van der Waals surface area contributed by atoms with Crippen molar-refractivity contribution in [3.63, 3.8) is 0 Å². The Hall–Kier alpha value is -2.68. The molecule has 0 spiro atoms. The number of hydrogen-bond donors (Lipinski definition) is 3. The summed E-state index contributed by atoms with van der Waals surface area (Å²) >= 11 is 5.71. The van der Waals surface area contributed by atoms with Gasteiger partial charge in [-0.3, -0.25) is 4.79 Å². The van der Waals surface area contributed by atoms with E-state index in [9.17, 15) is 14.0 Å². The van der Waals surface area contributed by atoms with Crippen molar-refractivity contribution in [2.75, 3.05) is 13.1 Å². The maximum absolute atomic E-state index is 13.9. The molecule has 1 aliphatic carbocycles. The Morgan fingerprint density at radius 1 is 1.21 bits per heavy atom. The van der Waals surface area contributed by atoms with Crippen LogP contribution in [0.1, 0.15) is 31.5 Å². The highest BCUT2D eigenvalue weighted by Crippen LogP contribution is 2.24. The fourth-order valence-corrected chi connectivity index (χ4v) is 3.17. The zero-order valence-corrected chi connectivity index (χ0v) is 15.9. The molecule has 3 rings (SSSR count). The van der Waals surface area contributed by atoms with Crippen LogP contribution in [0.2, 0.25) is 5.02 Å². The van der Waals surface area contributed by atoms with E-state index < -0.39 is 11.7 Å². The van der Waals surface area contributed by atoms with Crippen LogP contribution in [0.4, 0.5) is 9.18 Å². The summed E-state index contributed by atoms with van der Waals surface area (Å²) in [6.45, 7) is 0.441. The number of benzene rings is 1. The first-order valence-electron chi connectivity index (χ1n) is 9.07. The minimum Gasteiger partial charge on any atom is -0.347 e. The molecule has 1 saturated carbocycles. The van der Waals surface area contributed by atoms with Gasteiger partial charge in [0.2, 0.25) is 5.91 Å². The number of nitrogens with zero attached hydrogens (tertiary/aromatic N) is 2. The maximum atomic E-state index is 13.9. The minimum atomic E-state index is -0.584. The van der Waals surface area contributed by atoms with E-state index in [2.05, 4.69) is 26.1 Å². The van der Waals surface area contributed by atoms with E-state index in [1.165, 1.54) is 25.0 Å². The van der Waals surface area contributed by atoms with Crippen LogP contribution in [-0.2, 0) is 11.3 Å². The van der Waals surface area contributed by atoms with E-state index in [0.29, 0.717) is 12.5 Å². The number of carbonyl (C=O) groups is 2. The topological polar surface area (TPSA) is 109 Å². The molecular formula is C18H21ClFN5O3. The van der Waals surface area contributed by atoms with Gasteiger partial charge in [0, 0.05) is 11.6 Å². The number of hydrogen-bond acceptors (Lipinski definition) is 5. The normalized spacial score (nSPS) is 14.1. The molecule has 3 N–H and O–H groups in total. The maximum Gasteiger partial charge on any atom is 0.315 e. The number of carbonyl (C=O) groups excluding carboxylic acids is 2. The summed E-state index contributed by atoms with van der Waals surface area (Å²) in [7, 11) is 0. The van der Waals surface area contributed by atoms with Gasteiger partial charge < -0.3 is 20.5 Å². The summed E-state index contributed by atoms with van der Waals surface area (Å²) in [4.78, 5) is 27.6. The van der Waals surface area contributed by atoms with E-state index in [0.717, 1.165) is 18.9 Å². The molecule has 28 heavy (non-hydrogen) atoms. The van der Waals surface area contributed by atoms with Gasteiger partial charge in [0.05, 0.1) is 18.7 Å². The summed E-state index contributed by atoms with van der Waals surface area (Å²) in [6, 6.07) is 3.71. The zero-order chi connectivity index (χ0) is 19.9. The molecule has 10 heteroatoms. The third kappa shape index (κ3) is 5.66. The number of nitrogens with one attached hydrogen (secondary N) is 3. The summed E-state index contributed by atoms with van der Waals surface area (Å²) < 4.78 is 18.9. The molecule has 1 aliphatic rings. The van der Waals surface area contributed by atoms with Crippen LogP contribution >= 0.6 is 11.6 Å². The van der Waals surface area contributed by atoms with Gasteiger partial charge in [-0.05, 0) is 37.0 Å². The Bertz CT molecular complexity index is 838. The molecule has 0 bridgehead atoms. The lowest BCUT2D eigenvalue weighted by atomic mass is 10.1. The van der Waals surface area contributed by atoms with Crippen molar-refractivity contribution in [1.82, 2.24) is 26.1 Å². The quantitative estimate of drug-likeness (QED) is 0.651. The molecule has 0 saturated heterocycles. The smallest absolute Gasteiger partial charge is 0.315 e. The number of amides is 3. The first-order valence-corrected chi connectivity index (χ1v) is 9.45. The molecule has 1 aromatic heterocycles. The second-order valence-corrected chi connectivity index (χ2v) is 7.07. The van der Waals surface area contributed by atoms with Crippen molar-refractivity contribution in [2.24, 2.45) is 5.92 Å². The van der Waals surface area contributed by atoms with Crippen LogP contribution in [0.3, 0.4) is 0 Å². The summed E-state index contributed by atoms with van der Waals surface area (Å²) in [5.74, 6) is -0.289. The van der Waals surface area contributed by atoms with Crippen molar-refractivity contribution < 1.29 is 18.5 Å². The van der Waals surface area contributed by atoms with E-state index in [-0.39, 0.29) is 41.4 Å². The first kappa shape index (κ1) is 20.1. The first-order chi connectivity index (χ1) is 13.5. The summed E-state index contributed by atoms with van der Waals surface area (Å²) in [6.07, 6.45) is 4.68. The summed E-state index contributed by atoms with van der Waals surface area (Å²) in [5, 5.41) is 11.8. The highest BCUT2D eigenvalue weighted by molar-refractivity contribution is 6.30. The molecular weight excluding hydrogens is 389 g/mol. The second kappa shape index (κ2) is 9.50. The zero-order valence-electron chi connectivity index (χ0n) is 15.1. The molecule has 150 valence electrons. The molecule has 2 aromatic rings. The van der Waals surface area contributed by atoms with Gasteiger partial charge in [-0.15, -0.1) is 0 Å². The van der Waals surface area contributed by atoms with Gasteiger partial charge >= 0.3 is 6.03 Å². The summed E-state index contributed by atoms with van der Waals surface area (Å²) in [5.41, 5.74) is 0.120. The van der Waals surface area contributed by atoms with Crippen LogP contribution < -0.4 is 16.0 Å². The Morgan fingerprint density at radius 2 is 2.00 bits per heavy atom. The molecule has 1 fully saturated rings. The van der Waals surface area contributed by atoms with Gasteiger partial charge in [0.25, 0.3) is 5.89 Å².